The number of nitrogens with one attached hydrogen (secondary N) is 1. The molecule has 7 heteroatoms. The first-order valence-corrected chi connectivity index (χ1v) is 7.51. The number of ether oxygens (including phenoxy) is 2. The lowest BCUT2D eigenvalue weighted by molar-refractivity contribution is -0.206. The molecular formula is C16H20F3NO3. The molecule has 0 unspecified atom stereocenters. The number of carbonyl (C=O) groups excluding carboxylic acids is 1. The van der Waals surface area contributed by atoms with Gasteiger partial charge >= 0.3 is 12.1 Å². The number of hydrogen-bond donors (Lipinski definition) is 1. The summed E-state index contributed by atoms with van der Waals surface area (Å²) in [6.07, 6.45) is -6.45. The van der Waals surface area contributed by atoms with Crippen molar-refractivity contribution in [1.29, 1.82) is 0 Å². The number of fused-ring (bicyclic) bond motifs is 1. The Labute approximate surface area is 133 Å². The molecule has 0 amide bonds. The van der Waals surface area contributed by atoms with Gasteiger partial charge in [0.05, 0.1) is 18.6 Å². The zero-order chi connectivity index (χ0) is 17.0. The van der Waals surface area contributed by atoms with E-state index in [1.807, 2.05) is 0 Å². The predicted molar refractivity (Wildman–Crippen MR) is 78.3 cm³/mol. The van der Waals surface area contributed by atoms with Crippen molar-refractivity contribution >= 4 is 5.97 Å². The average molecular weight is 331 g/mol. The van der Waals surface area contributed by atoms with Crippen LogP contribution >= 0.6 is 0 Å². The number of rotatable bonds is 5. The maximum Gasteiger partial charge on any atom is 0.426 e. The van der Waals surface area contributed by atoms with Crippen molar-refractivity contribution in [3.63, 3.8) is 0 Å². The molecule has 1 aromatic rings. The molecule has 0 saturated carbocycles. The standard InChI is InChI=1S/C16H20F3NO3/c1-10(2)22-14(21)7-8-20-12-9-11-5-3-4-6-13(11)23-15(12)16(17,18)19/h3-6,10,12,15,20H,7-9H2,1-2H3/t12-,15-/m1/s1. The molecule has 4 nitrogen and oxygen atoms in total. The van der Waals surface area contributed by atoms with Crippen LogP contribution in [0.15, 0.2) is 24.3 Å². The van der Waals surface area contributed by atoms with E-state index in [4.69, 9.17) is 9.47 Å². The van der Waals surface area contributed by atoms with Gasteiger partial charge in [0.15, 0.2) is 0 Å². The molecular weight excluding hydrogens is 311 g/mol. The Kier molecular flexibility index (Phi) is 5.51. The highest BCUT2D eigenvalue weighted by atomic mass is 19.4. The third-order valence-corrected chi connectivity index (χ3v) is 3.46. The van der Waals surface area contributed by atoms with E-state index in [2.05, 4.69) is 5.32 Å². The molecule has 1 aliphatic heterocycles. The maximum absolute atomic E-state index is 13.2. The minimum atomic E-state index is -4.48. The lowest BCUT2D eigenvalue weighted by Crippen LogP contribution is -2.54. The monoisotopic (exact) mass is 331 g/mol. The minimum absolute atomic E-state index is 0.0148. The average Bonchev–Trinajstić information content (AvgIpc) is 2.44. The van der Waals surface area contributed by atoms with E-state index >= 15 is 0 Å². The van der Waals surface area contributed by atoms with Gasteiger partial charge in [-0.2, -0.15) is 13.2 Å². The molecule has 0 aromatic heterocycles. The second-order valence-electron chi connectivity index (χ2n) is 5.74. The van der Waals surface area contributed by atoms with Crippen molar-refractivity contribution in [2.75, 3.05) is 6.54 Å². The third kappa shape index (κ3) is 4.86. The summed E-state index contributed by atoms with van der Waals surface area (Å²) in [6, 6.07) is 5.74. The van der Waals surface area contributed by atoms with Gasteiger partial charge in [0.2, 0.25) is 6.10 Å². The molecule has 0 saturated heterocycles. The second-order valence-corrected chi connectivity index (χ2v) is 5.74. The van der Waals surface area contributed by atoms with Crippen LogP contribution in [0.5, 0.6) is 5.75 Å². The van der Waals surface area contributed by atoms with Crippen LogP contribution in [0, 0.1) is 0 Å². The molecule has 0 radical (unpaired) electrons. The Morgan fingerprint density at radius 1 is 1.39 bits per heavy atom. The van der Waals surface area contributed by atoms with Crippen LogP contribution in [0.2, 0.25) is 0 Å². The number of hydrogen-bond acceptors (Lipinski definition) is 4. The number of carbonyl (C=O) groups is 1. The Morgan fingerprint density at radius 3 is 2.74 bits per heavy atom. The first-order chi connectivity index (χ1) is 10.8. The van der Waals surface area contributed by atoms with Crippen LogP contribution in [0.1, 0.15) is 25.8 Å². The number of para-hydroxylation sites is 1. The number of halogens is 3. The topological polar surface area (TPSA) is 47.6 Å². The molecule has 2 atom stereocenters. The van der Waals surface area contributed by atoms with E-state index in [0.717, 1.165) is 5.56 Å². The van der Waals surface area contributed by atoms with Crippen molar-refractivity contribution < 1.29 is 27.4 Å². The predicted octanol–water partition coefficient (Wildman–Crippen LogP) is 2.85. The van der Waals surface area contributed by atoms with Crippen molar-refractivity contribution in [2.45, 2.75) is 51.1 Å². The van der Waals surface area contributed by atoms with Gasteiger partial charge in [-0.05, 0) is 31.9 Å². The number of alkyl halides is 3. The Balaban J connectivity index is 1.99. The van der Waals surface area contributed by atoms with E-state index in [0.29, 0.717) is 0 Å². The zero-order valence-corrected chi connectivity index (χ0v) is 13.0. The van der Waals surface area contributed by atoms with Gasteiger partial charge in [-0.25, -0.2) is 0 Å². The zero-order valence-electron chi connectivity index (χ0n) is 13.0. The van der Waals surface area contributed by atoms with Crippen molar-refractivity contribution in [3.05, 3.63) is 29.8 Å². The molecule has 1 heterocycles. The van der Waals surface area contributed by atoms with E-state index in [-0.39, 0.29) is 31.2 Å². The van der Waals surface area contributed by atoms with E-state index in [9.17, 15) is 18.0 Å². The number of esters is 1. The Bertz CT molecular complexity index is 546. The molecule has 23 heavy (non-hydrogen) atoms. The number of benzene rings is 1. The molecule has 0 spiro atoms. The third-order valence-electron chi connectivity index (χ3n) is 3.46. The fraction of sp³-hybridized carbons (Fsp3) is 0.562. The van der Waals surface area contributed by atoms with Crippen molar-refractivity contribution in [2.24, 2.45) is 0 Å². The summed E-state index contributed by atoms with van der Waals surface area (Å²) in [7, 11) is 0. The van der Waals surface area contributed by atoms with Crippen LogP contribution in [0.3, 0.4) is 0 Å². The van der Waals surface area contributed by atoms with Crippen LogP contribution in [-0.2, 0) is 16.0 Å². The maximum atomic E-state index is 13.2. The molecule has 1 N–H and O–H groups in total. The van der Waals surface area contributed by atoms with E-state index in [1.54, 1.807) is 32.0 Å². The van der Waals surface area contributed by atoms with Crippen LogP contribution in [0.25, 0.3) is 0 Å². The fourth-order valence-electron chi connectivity index (χ4n) is 2.51. The first kappa shape index (κ1) is 17.6. The van der Waals surface area contributed by atoms with Crippen LogP contribution in [0.4, 0.5) is 13.2 Å². The van der Waals surface area contributed by atoms with Crippen LogP contribution in [-0.4, -0.2) is 36.9 Å². The summed E-state index contributed by atoms with van der Waals surface area (Å²) >= 11 is 0. The molecule has 0 fully saturated rings. The highest BCUT2D eigenvalue weighted by Crippen LogP contribution is 2.35. The normalized spacial score (nSPS) is 20.8. The highest BCUT2D eigenvalue weighted by molar-refractivity contribution is 5.69. The molecule has 128 valence electrons. The summed E-state index contributed by atoms with van der Waals surface area (Å²) in [4.78, 5) is 11.5. The van der Waals surface area contributed by atoms with Gasteiger partial charge in [-0.1, -0.05) is 18.2 Å². The fourth-order valence-corrected chi connectivity index (χ4v) is 2.51. The van der Waals surface area contributed by atoms with Crippen molar-refractivity contribution in [1.82, 2.24) is 5.32 Å². The minimum Gasteiger partial charge on any atom is -0.479 e. The SMILES string of the molecule is CC(C)OC(=O)CCN[C@@H]1Cc2ccccc2O[C@H]1C(F)(F)F. The lowest BCUT2D eigenvalue weighted by Gasteiger charge is -2.35. The summed E-state index contributed by atoms with van der Waals surface area (Å²) < 4.78 is 49.6. The molecule has 2 rings (SSSR count). The van der Waals surface area contributed by atoms with E-state index in [1.165, 1.54) is 6.07 Å². The van der Waals surface area contributed by atoms with Crippen molar-refractivity contribution in [3.8, 4) is 5.75 Å². The Morgan fingerprint density at radius 2 is 2.09 bits per heavy atom. The molecule has 1 aliphatic rings. The Hall–Kier alpha value is -1.76. The molecule has 1 aromatic carbocycles. The second kappa shape index (κ2) is 7.21. The summed E-state index contributed by atoms with van der Waals surface area (Å²) in [5, 5.41) is 2.78. The first-order valence-electron chi connectivity index (χ1n) is 7.51. The summed E-state index contributed by atoms with van der Waals surface area (Å²) in [5.41, 5.74) is 0.718. The van der Waals surface area contributed by atoms with Crippen LogP contribution < -0.4 is 10.1 Å². The van der Waals surface area contributed by atoms with Gasteiger partial charge in [0, 0.05) is 6.54 Å². The van der Waals surface area contributed by atoms with Gasteiger partial charge in [0.25, 0.3) is 0 Å². The summed E-state index contributed by atoms with van der Waals surface area (Å²) in [5.74, 6) is -0.180. The van der Waals surface area contributed by atoms with E-state index < -0.39 is 24.3 Å². The molecule has 0 aliphatic carbocycles. The van der Waals surface area contributed by atoms with Gasteiger partial charge in [-0.15, -0.1) is 0 Å². The largest absolute Gasteiger partial charge is 0.479 e. The highest BCUT2D eigenvalue weighted by Gasteiger charge is 2.49. The van der Waals surface area contributed by atoms with Gasteiger partial charge in [0.1, 0.15) is 5.75 Å². The quantitative estimate of drug-likeness (QED) is 0.843. The molecule has 0 bridgehead atoms. The summed E-state index contributed by atoms with van der Waals surface area (Å²) in [6.45, 7) is 3.54. The van der Waals surface area contributed by atoms with Gasteiger partial charge in [-0.3, -0.25) is 4.79 Å². The lowest BCUT2D eigenvalue weighted by atomic mass is 9.96. The smallest absolute Gasteiger partial charge is 0.426 e. The van der Waals surface area contributed by atoms with Gasteiger partial charge < -0.3 is 14.8 Å².